The van der Waals surface area contributed by atoms with Crippen LogP contribution in [0.3, 0.4) is 0 Å². The van der Waals surface area contributed by atoms with Crippen LogP contribution in [0, 0.1) is 0 Å². The van der Waals surface area contributed by atoms with E-state index in [1.165, 1.54) is 52.8 Å². The van der Waals surface area contributed by atoms with Gasteiger partial charge >= 0.3 is 0 Å². The fourth-order valence-electron chi connectivity index (χ4n) is 7.32. The van der Waals surface area contributed by atoms with Crippen molar-refractivity contribution in [2.75, 3.05) is 0 Å². The Morgan fingerprint density at radius 2 is 1.04 bits per heavy atom. The van der Waals surface area contributed by atoms with Crippen LogP contribution in [0.2, 0.25) is 0 Å². The maximum Gasteiger partial charge on any atom is 0.156 e. The number of thiophene rings is 1. The van der Waals surface area contributed by atoms with Crippen LogP contribution < -0.4 is 0 Å². The van der Waals surface area contributed by atoms with Gasteiger partial charge in [-0.15, -0.1) is 11.3 Å². The lowest BCUT2D eigenvalue weighted by Crippen LogP contribution is -2.00. The van der Waals surface area contributed by atoms with E-state index in [9.17, 15) is 0 Å². The Kier molecular flexibility index (Phi) is 6.05. The highest BCUT2D eigenvalue weighted by atomic mass is 32.1. The quantitative estimate of drug-likeness (QED) is 0.194. The summed E-state index contributed by atoms with van der Waals surface area (Å²) in [5, 5.41) is 7.64. The Morgan fingerprint density at radius 1 is 0.417 bits per heavy atom. The number of hydrogen-bond donors (Lipinski definition) is 0. The Morgan fingerprint density at radius 3 is 1.81 bits per heavy atom. The zero-order chi connectivity index (χ0) is 31.6. The van der Waals surface area contributed by atoms with Crippen molar-refractivity contribution in [2.24, 2.45) is 0 Å². The molecule has 4 heteroatoms. The fourth-order valence-corrected chi connectivity index (χ4v) is 8.44. The molecule has 0 unspecified atom stereocenters. The summed E-state index contributed by atoms with van der Waals surface area (Å²) in [7, 11) is 0. The van der Waals surface area contributed by atoms with Crippen LogP contribution >= 0.6 is 11.3 Å². The molecule has 0 N–H and O–H groups in total. The van der Waals surface area contributed by atoms with Crippen LogP contribution in [0.25, 0.3) is 92.1 Å². The summed E-state index contributed by atoms with van der Waals surface area (Å²) in [5.74, 6) is 0.798. The van der Waals surface area contributed by atoms with E-state index in [0.717, 1.165) is 39.2 Å². The molecule has 0 aliphatic carbocycles. The second kappa shape index (κ2) is 10.7. The molecule has 0 radical (unpaired) electrons. The summed E-state index contributed by atoms with van der Waals surface area (Å²) in [6.07, 6.45) is 3.76. The van der Waals surface area contributed by atoms with Crippen LogP contribution in [0.1, 0.15) is 0 Å². The standard InChI is InChI=1S/C44H27N3S/c1-3-11-28(12-4-1)30-23-31(29-13-5-2-6-14-29)25-32(24-30)37-26-45-27-42(46-37)47-38-17-9-7-15-35(38)43-33-20-22-41-44(34(33)19-21-39(43)47)36-16-8-10-18-40(36)48-41/h1-27H. The second-order valence-electron chi connectivity index (χ2n) is 12.2. The summed E-state index contributed by atoms with van der Waals surface area (Å²) >= 11 is 1.86. The molecule has 3 nitrogen and oxygen atoms in total. The molecular formula is C44H27N3S. The fraction of sp³-hybridized carbons (Fsp3) is 0. The number of hydrogen-bond acceptors (Lipinski definition) is 3. The topological polar surface area (TPSA) is 30.7 Å². The summed E-state index contributed by atoms with van der Waals surface area (Å²) < 4.78 is 4.91. The van der Waals surface area contributed by atoms with Gasteiger partial charge in [0.15, 0.2) is 5.82 Å². The SMILES string of the molecule is c1ccc(-c2cc(-c3ccccc3)cc(-c3cncc(-n4c5ccccc5c5c6ccc7sc8ccccc8c7c6ccc54)n3)c2)cc1. The third kappa shape index (κ3) is 4.20. The van der Waals surface area contributed by atoms with Crippen molar-refractivity contribution in [1.82, 2.24) is 14.5 Å². The molecule has 224 valence electrons. The van der Waals surface area contributed by atoms with Crippen molar-refractivity contribution in [1.29, 1.82) is 0 Å². The maximum absolute atomic E-state index is 5.32. The highest BCUT2D eigenvalue weighted by Gasteiger charge is 2.18. The molecule has 0 amide bonds. The van der Waals surface area contributed by atoms with Crippen LogP contribution in [-0.4, -0.2) is 14.5 Å². The molecule has 10 rings (SSSR count). The van der Waals surface area contributed by atoms with E-state index in [4.69, 9.17) is 9.97 Å². The average Bonchev–Trinajstić information content (AvgIpc) is 3.72. The van der Waals surface area contributed by atoms with E-state index in [0.29, 0.717) is 0 Å². The van der Waals surface area contributed by atoms with E-state index < -0.39 is 0 Å². The Bertz CT molecular complexity index is 2770. The number of para-hydroxylation sites is 1. The lowest BCUT2D eigenvalue weighted by atomic mass is 9.95. The van der Waals surface area contributed by atoms with Gasteiger partial charge < -0.3 is 0 Å². The molecular weight excluding hydrogens is 603 g/mol. The first-order chi connectivity index (χ1) is 23.8. The van der Waals surface area contributed by atoms with Crippen molar-refractivity contribution in [2.45, 2.75) is 0 Å². The first-order valence-electron chi connectivity index (χ1n) is 16.1. The van der Waals surface area contributed by atoms with Gasteiger partial charge in [0, 0.05) is 36.5 Å². The van der Waals surface area contributed by atoms with E-state index in [1.54, 1.807) is 0 Å². The van der Waals surface area contributed by atoms with Crippen molar-refractivity contribution < 1.29 is 0 Å². The van der Waals surface area contributed by atoms with E-state index in [-0.39, 0.29) is 0 Å². The van der Waals surface area contributed by atoms with Crippen LogP contribution in [0.5, 0.6) is 0 Å². The predicted octanol–water partition coefficient (Wildman–Crippen LogP) is 12.1. The van der Waals surface area contributed by atoms with E-state index in [2.05, 4.69) is 156 Å². The molecule has 48 heavy (non-hydrogen) atoms. The van der Waals surface area contributed by atoms with E-state index >= 15 is 0 Å². The summed E-state index contributed by atoms with van der Waals surface area (Å²) in [6.45, 7) is 0. The number of fused-ring (bicyclic) bond motifs is 9. The van der Waals surface area contributed by atoms with Gasteiger partial charge in [0.2, 0.25) is 0 Å². The minimum absolute atomic E-state index is 0.798. The van der Waals surface area contributed by atoms with Gasteiger partial charge in [-0.05, 0) is 75.5 Å². The number of aromatic nitrogens is 3. The monoisotopic (exact) mass is 629 g/mol. The molecule has 0 bridgehead atoms. The zero-order valence-corrected chi connectivity index (χ0v) is 26.7. The zero-order valence-electron chi connectivity index (χ0n) is 25.8. The highest BCUT2D eigenvalue weighted by Crippen LogP contribution is 2.43. The number of rotatable bonds is 4. The lowest BCUT2D eigenvalue weighted by molar-refractivity contribution is 1.05. The lowest BCUT2D eigenvalue weighted by Gasteiger charge is -2.12. The highest BCUT2D eigenvalue weighted by molar-refractivity contribution is 7.26. The van der Waals surface area contributed by atoms with Gasteiger partial charge in [-0.3, -0.25) is 9.55 Å². The van der Waals surface area contributed by atoms with E-state index in [1.807, 2.05) is 23.7 Å². The summed E-state index contributed by atoms with van der Waals surface area (Å²) in [6, 6.07) is 54.4. The molecule has 3 heterocycles. The van der Waals surface area contributed by atoms with Crippen molar-refractivity contribution >= 4 is 64.1 Å². The van der Waals surface area contributed by atoms with Gasteiger partial charge in [0.05, 0.1) is 29.1 Å². The molecule has 0 saturated carbocycles. The van der Waals surface area contributed by atoms with Crippen molar-refractivity contribution in [3.8, 4) is 39.3 Å². The largest absolute Gasteiger partial charge is 0.292 e. The van der Waals surface area contributed by atoms with Gasteiger partial charge in [-0.1, -0.05) is 109 Å². The molecule has 0 aliphatic rings. The van der Waals surface area contributed by atoms with Crippen LogP contribution in [0.15, 0.2) is 164 Å². The minimum Gasteiger partial charge on any atom is -0.292 e. The predicted molar refractivity (Wildman–Crippen MR) is 203 cm³/mol. The van der Waals surface area contributed by atoms with Crippen molar-refractivity contribution in [3.63, 3.8) is 0 Å². The summed E-state index contributed by atoms with van der Waals surface area (Å²) in [4.78, 5) is 10.1. The third-order valence-electron chi connectivity index (χ3n) is 9.47. The third-order valence-corrected chi connectivity index (χ3v) is 10.6. The van der Waals surface area contributed by atoms with Gasteiger partial charge in [0.1, 0.15) is 0 Å². The normalized spacial score (nSPS) is 11.8. The first kappa shape index (κ1) is 27.1. The number of benzene rings is 7. The molecule has 7 aromatic carbocycles. The van der Waals surface area contributed by atoms with Crippen molar-refractivity contribution in [3.05, 3.63) is 164 Å². The molecule has 10 aromatic rings. The molecule has 0 spiro atoms. The van der Waals surface area contributed by atoms with Crippen LogP contribution in [-0.2, 0) is 0 Å². The Labute approximate surface area is 281 Å². The second-order valence-corrected chi connectivity index (χ2v) is 13.3. The molecule has 3 aromatic heterocycles. The van der Waals surface area contributed by atoms with Gasteiger partial charge in [0.25, 0.3) is 0 Å². The Hall–Kier alpha value is -6.10. The Balaban J connectivity index is 1.20. The van der Waals surface area contributed by atoms with Gasteiger partial charge in [-0.2, -0.15) is 0 Å². The maximum atomic E-state index is 5.32. The average molecular weight is 630 g/mol. The first-order valence-corrected chi connectivity index (χ1v) is 17.0. The smallest absolute Gasteiger partial charge is 0.156 e. The molecule has 0 aliphatic heterocycles. The van der Waals surface area contributed by atoms with Crippen LogP contribution in [0.4, 0.5) is 0 Å². The molecule has 0 saturated heterocycles. The number of nitrogens with zero attached hydrogens (tertiary/aromatic N) is 3. The summed E-state index contributed by atoms with van der Waals surface area (Å²) in [5.41, 5.74) is 8.74. The molecule has 0 atom stereocenters. The van der Waals surface area contributed by atoms with Gasteiger partial charge in [-0.25, -0.2) is 4.98 Å². The molecule has 0 fully saturated rings. The minimum atomic E-state index is 0.798.